The molecule has 1 N–H and O–H groups in total. The summed E-state index contributed by atoms with van der Waals surface area (Å²) in [5, 5.41) is 21.5. The zero-order valence-corrected chi connectivity index (χ0v) is 32.2. The fourth-order valence-corrected chi connectivity index (χ4v) is 8.83. The van der Waals surface area contributed by atoms with Gasteiger partial charge in [0.1, 0.15) is 11.4 Å². The number of nitrogens with zero attached hydrogens (tertiary/aromatic N) is 6. The van der Waals surface area contributed by atoms with Gasteiger partial charge in [0.25, 0.3) is 0 Å². The predicted octanol–water partition coefficient (Wildman–Crippen LogP) is 6.91. The minimum Gasteiger partial charge on any atom is -0.507 e. The van der Waals surface area contributed by atoms with Crippen molar-refractivity contribution in [2.24, 2.45) is 12.0 Å². The Morgan fingerprint density at radius 3 is 2.06 bits per heavy atom. The number of esters is 1. The lowest BCUT2D eigenvalue weighted by molar-refractivity contribution is -0.151. The number of ether oxygens (including phenoxy) is 2. The highest BCUT2D eigenvalue weighted by Crippen LogP contribution is 2.50. The molecule has 3 heterocycles. The van der Waals surface area contributed by atoms with Crippen LogP contribution in [0.15, 0.2) is 94.7 Å². The molecule has 1 aromatic heterocycles. The smallest absolute Gasteiger partial charge is 0.355 e. The lowest BCUT2D eigenvalue weighted by Crippen LogP contribution is -2.56. The number of fused-ring (bicyclic) bond motifs is 1. The molecule has 3 aromatic carbocycles. The van der Waals surface area contributed by atoms with Gasteiger partial charge in [-0.15, -0.1) is 16.9 Å². The number of phenolic OH excluding ortho intramolecular Hbond substituents is 1. The van der Waals surface area contributed by atoms with Crippen LogP contribution in [-0.4, -0.2) is 71.1 Å². The standard InChI is InChI=1S/C39H44N6O5S2/c1-37(2,3)27-19-24(20-28(33(27)47)38(4,5)6)23-40-39(49-8,52-36-41-42-43-44(36)7)30-21-29(45-31(46)22-32(45)51-30)35(48)50-34(25-15-11-9-12-16-25)26-17-13-10-14-18-26/h9-21,23,30,32,34,47H,22H2,1-8H3/b40-23+/t30?,32-,39?/m1/s1. The van der Waals surface area contributed by atoms with Gasteiger partial charge in [-0.25, -0.2) is 14.5 Å². The van der Waals surface area contributed by atoms with Crippen molar-refractivity contribution in [3.05, 3.63) is 112 Å². The number of aryl methyl sites for hydroxylation is 1. The maximum absolute atomic E-state index is 14.3. The molecule has 1 amide bonds. The molecule has 4 aromatic rings. The van der Waals surface area contributed by atoms with E-state index in [1.54, 1.807) is 26.4 Å². The molecule has 0 saturated carbocycles. The highest BCUT2D eigenvalue weighted by atomic mass is 32.2. The number of aromatic nitrogens is 4. The van der Waals surface area contributed by atoms with Crippen molar-refractivity contribution in [3.8, 4) is 5.75 Å². The monoisotopic (exact) mass is 740 g/mol. The summed E-state index contributed by atoms with van der Waals surface area (Å²) in [6.45, 7) is 12.3. The molecule has 0 aliphatic carbocycles. The van der Waals surface area contributed by atoms with Crippen LogP contribution in [0.4, 0.5) is 0 Å². The Kier molecular flexibility index (Phi) is 10.4. The van der Waals surface area contributed by atoms with Crippen LogP contribution in [0.25, 0.3) is 0 Å². The zero-order valence-electron chi connectivity index (χ0n) is 30.6. The third-order valence-electron chi connectivity index (χ3n) is 9.03. The van der Waals surface area contributed by atoms with Gasteiger partial charge >= 0.3 is 5.97 Å². The van der Waals surface area contributed by atoms with Gasteiger partial charge in [-0.3, -0.25) is 9.69 Å². The number of amides is 1. The van der Waals surface area contributed by atoms with Crippen LogP contribution in [0.1, 0.15) is 81.9 Å². The van der Waals surface area contributed by atoms with Crippen LogP contribution < -0.4 is 0 Å². The molecule has 2 aliphatic rings. The quantitative estimate of drug-likeness (QED) is 0.0602. The van der Waals surface area contributed by atoms with Crippen molar-refractivity contribution in [1.82, 2.24) is 25.1 Å². The van der Waals surface area contributed by atoms with Gasteiger partial charge in [-0.2, -0.15) is 0 Å². The lowest BCUT2D eigenvalue weighted by atomic mass is 9.78. The van der Waals surface area contributed by atoms with Gasteiger partial charge in [0.2, 0.25) is 16.1 Å². The summed E-state index contributed by atoms with van der Waals surface area (Å²) in [5.74, 6) is -0.536. The van der Waals surface area contributed by atoms with Crippen molar-refractivity contribution < 1.29 is 24.2 Å². The highest BCUT2D eigenvalue weighted by molar-refractivity contribution is 8.04. The Bertz CT molecular complexity index is 1930. The molecule has 1 saturated heterocycles. The number of hydrogen-bond donors (Lipinski definition) is 1. The number of aromatic hydroxyl groups is 1. The Morgan fingerprint density at radius 2 is 1.58 bits per heavy atom. The summed E-state index contributed by atoms with van der Waals surface area (Å²) in [6, 6.07) is 22.9. The normalized spacial score (nSPS) is 18.9. The topological polar surface area (TPSA) is 132 Å². The van der Waals surface area contributed by atoms with E-state index in [2.05, 4.69) is 57.1 Å². The first-order valence-corrected chi connectivity index (χ1v) is 18.8. The molecule has 1 fully saturated rings. The van der Waals surface area contributed by atoms with Gasteiger partial charge < -0.3 is 14.6 Å². The number of carbonyl (C=O) groups is 2. The lowest BCUT2D eigenvalue weighted by Gasteiger charge is -2.47. The number of rotatable bonds is 10. The van der Waals surface area contributed by atoms with Crippen molar-refractivity contribution in [2.45, 2.75) is 85.7 Å². The summed E-state index contributed by atoms with van der Waals surface area (Å²) in [5.41, 5.74) is 3.39. The molecule has 2 unspecified atom stereocenters. The minimum atomic E-state index is -1.40. The highest BCUT2D eigenvalue weighted by Gasteiger charge is 2.52. The average Bonchev–Trinajstić information content (AvgIpc) is 3.51. The van der Waals surface area contributed by atoms with E-state index in [1.807, 2.05) is 72.8 Å². The van der Waals surface area contributed by atoms with Crippen LogP contribution in [0.5, 0.6) is 5.75 Å². The fourth-order valence-electron chi connectivity index (χ4n) is 6.17. The molecular formula is C39H44N6O5S2. The maximum Gasteiger partial charge on any atom is 0.355 e. The Balaban J connectivity index is 1.44. The van der Waals surface area contributed by atoms with E-state index in [0.29, 0.717) is 5.16 Å². The van der Waals surface area contributed by atoms with Gasteiger partial charge in [0.05, 0.1) is 17.0 Å². The maximum atomic E-state index is 14.3. The number of benzene rings is 3. The van der Waals surface area contributed by atoms with Crippen LogP contribution >= 0.6 is 23.5 Å². The van der Waals surface area contributed by atoms with E-state index in [0.717, 1.165) is 27.8 Å². The Hall–Kier alpha value is -4.46. The van der Waals surface area contributed by atoms with Crippen molar-refractivity contribution in [2.75, 3.05) is 7.11 Å². The number of tetrazole rings is 1. The van der Waals surface area contributed by atoms with Crippen LogP contribution in [0, 0.1) is 0 Å². The van der Waals surface area contributed by atoms with Gasteiger partial charge in [-0.1, -0.05) is 102 Å². The molecule has 272 valence electrons. The van der Waals surface area contributed by atoms with Crippen molar-refractivity contribution in [1.29, 1.82) is 0 Å². The van der Waals surface area contributed by atoms with Crippen molar-refractivity contribution in [3.63, 3.8) is 0 Å². The largest absolute Gasteiger partial charge is 0.507 e. The predicted molar refractivity (Wildman–Crippen MR) is 203 cm³/mol. The first-order chi connectivity index (χ1) is 24.6. The average molecular weight is 741 g/mol. The number of carbonyl (C=O) groups excluding carboxylic acids is 2. The summed E-state index contributed by atoms with van der Waals surface area (Å²) in [4.78, 5) is 33.9. The second-order valence-corrected chi connectivity index (χ2v) is 17.4. The Labute approximate surface area is 312 Å². The van der Waals surface area contributed by atoms with E-state index in [1.165, 1.54) is 33.1 Å². The number of methoxy groups -OCH3 is 1. The summed E-state index contributed by atoms with van der Waals surface area (Å²) in [6.07, 6.45) is 2.99. The van der Waals surface area contributed by atoms with Crippen LogP contribution in [0.2, 0.25) is 0 Å². The molecule has 0 spiro atoms. The number of hydrogen-bond acceptors (Lipinski definition) is 11. The fraction of sp³-hybridized carbons (Fsp3) is 0.385. The third kappa shape index (κ3) is 7.53. The second-order valence-electron chi connectivity index (χ2n) is 14.9. The summed E-state index contributed by atoms with van der Waals surface area (Å²) < 4.78 is 14.1. The molecule has 0 radical (unpaired) electrons. The Morgan fingerprint density at radius 1 is 1.00 bits per heavy atom. The number of thioether (sulfide) groups is 2. The molecule has 3 atom stereocenters. The number of aliphatic imine (C=N–C) groups is 1. The van der Waals surface area contributed by atoms with Gasteiger partial charge in [-0.05, 0) is 67.9 Å². The summed E-state index contributed by atoms with van der Waals surface area (Å²) in [7, 11) is 3.28. The first kappa shape index (κ1) is 37.3. The zero-order chi connectivity index (χ0) is 37.4. The summed E-state index contributed by atoms with van der Waals surface area (Å²) >= 11 is 2.68. The molecule has 52 heavy (non-hydrogen) atoms. The van der Waals surface area contributed by atoms with E-state index in [9.17, 15) is 14.7 Å². The van der Waals surface area contributed by atoms with E-state index in [4.69, 9.17) is 14.5 Å². The van der Waals surface area contributed by atoms with Crippen LogP contribution in [-0.2, 0) is 36.9 Å². The number of β-lactam (4-membered cyclic amide) rings is 1. The SMILES string of the molecule is COC(/N=C/c1cc(C(C)(C)C)c(O)c(C(C)(C)C)c1)(Sc1nnnn1C)C1C=C(C(=O)OC(c2ccccc2)c2ccccc2)N2C(=O)C[C@H]2S1. The molecular weight excluding hydrogens is 697 g/mol. The second kappa shape index (κ2) is 14.5. The minimum absolute atomic E-state index is 0.129. The van der Waals surface area contributed by atoms with E-state index in [-0.39, 0.29) is 40.0 Å². The third-order valence-corrected chi connectivity index (χ3v) is 12.0. The molecule has 6 rings (SSSR count). The molecule has 11 nitrogen and oxygen atoms in total. The van der Waals surface area contributed by atoms with Gasteiger partial charge in [0, 0.05) is 31.5 Å². The van der Waals surface area contributed by atoms with E-state index < -0.39 is 22.4 Å². The first-order valence-electron chi connectivity index (χ1n) is 17.0. The van der Waals surface area contributed by atoms with Gasteiger partial charge in [0.15, 0.2) is 6.10 Å². The molecule has 2 aliphatic heterocycles. The number of phenols is 1. The molecule has 13 heteroatoms. The molecule has 0 bridgehead atoms. The van der Waals surface area contributed by atoms with Crippen molar-refractivity contribution >= 4 is 41.6 Å². The van der Waals surface area contributed by atoms with E-state index >= 15 is 0 Å². The van der Waals surface area contributed by atoms with Crippen LogP contribution in [0.3, 0.4) is 0 Å².